The number of thioether (sulfide) groups is 1. The average Bonchev–Trinajstić information content (AvgIpc) is 2.34. The Kier molecular flexibility index (Phi) is 7.21. The fourth-order valence-corrected chi connectivity index (χ4v) is 2.67. The summed E-state index contributed by atoms with van der Waals surface area (Å²) in [5.74, 6) is 0. The largest absolute Gasteiger partial charge is 0.375 e. The van der Waals surface area contributed by atoms with Crippen LogP contribution in [0.15, 0.2) is 29.2 Å². The van der Waals surface area contributed by atoms with Crippen LogP contribution in [0, 0.1) is 0 Å². The molecule has 0 amide bonds. The molecule has 102 valence electrons. The molecule has 0 saturated carbocycles. The molecule has 0 aliphatic heterocycles. The maximum absolute atomic E-state index is 3.19. The van der Waals surface area contributed by atoms with E-state index >= 15 is 0 Å². The summed E-state index contributed by atoms with van der Waals surface area (Å²) < 4.78 is 0. The van der Waals surface area contributed by atoms with Gasteiger partial charge in [0.2, 0.25) is 0 Å². The van der Waals surface area contributed by atoms with E-state index in [9.17, 15) is 0 Å². The molecule has 0 aromatic heterocycles. The minimum absolute atomic E-state index is 0.648. The minimum Gasteiger partial charge on any atom is -0.375 e. The first kappa shape index (κ1) is 15.4. The Bertz CT molecular complexity index is 322. The molecule has 0 aliphatic rings. The standard InChI is InChI=1S/C15H26N2S/c1-13(2)18-15-9-7-14(8-10-15)17(4)12-6-5-11-16-3/h7-10,13,16H,5-6,11-12H2,1-4H3. The van der Waals surface area contributed by atoms with Gasteiger partial charge in [-0.1, -0.05) is 13.8 Å². The molecule has 18 heavy (non-hydrogen) atoms. The van der Waals surface area contributed by atoms with Crippen molar-refractivity contribution < 1.29 is 0 Å². The first-order valence-corrected chi connectivity index (χ1v) is 7.64. The van der Waals surface area contributed by atoms with Gasteiger partial charge in [-0.05, 0) is 50.7 Å². The van der Waals surface area contributed by atoms with Gasteiger partial charge in [0.1, 0.15) is 0 Å². The van der Waals surface area contributed by atoms with Gasteiger partial charge < -0.3 is 10.2 Å². The molecule has 1 N–H and O–H groups in total. The summed E-state index contributed by atoms with van der Waals surface area (Å²) in [6, 6.07) is 8.90. The molecule has 0 aliphatic carbocycles. The van der Waals surface area contributed by atoms with Gasteiger partial charge in [-0.25, -0.2) is 0 Å². The van der Waals surface area contributed by atoms with Crippen molar-refractivity contribution in [3.05, 3.63) is 24.3 Å². The van der Waals surface area contributed by atoms with Crippen LogP contribution in [0.2, 0.25) is 0 Å². The molecule has 0 fully saturated rings. The highest BCUT2D eigenvalue weighted by Crippen LogP contribution is 2.25. The zero-order valence-corrected chi connectivity index (χ0v) is 12.9. The van der Waals surface area contributed by atoms with Gasteiger partial charge >= 0.3 is 0 Å². The van der Waals surface area contributed by atoms with Crippen LogP contribution in [0.4, 0.5) is 5.69 Å². The lowest BCUT2D eigenvalue weighted by Crippen LogP contribution is -2.19. The number of nitrogens with one attached hydrogen (secondary N) is 1. The summed E-state index contributed by atoms with van der Waals surface area (Å²) in [6.07, 6.45) is 2.47. The van der Waals surface area contributed by atoms with Crippen molar-refractivity contribution in [2.24, 2.45) is 0 Å². The van der Waals surface area contributed by atoms with Gasteiger partial charge in [0.05, 0.1) is 0 Å². The average molecular weight is 266 g/mol. The Morgan fingerprint density at radius 3 is 2.39 bits per heavy atom. The molecule has 1 aromatic carbocycles. The SMILES string of the molecule is CNCCCCN(C)c1ccc(SC(C)C)cc1. The van der Waals surface area contributed by atoms with Crippen LogP contribution < -0.4 is 10.2 Å². The van der Waals surface area contributed by atoms with Gasteiger partial charge in [0.25, 0.3) is 0 Å². The molecule has 0 radical (unpaired) electrons. The lowest BCUT2D eigenvalue weighted by molar-refractivity contribution is 0.671. The second-order valence-electron chi connectivity index (χ2n) is 4.89. The van der Waals surface area contributed by atoms with E-state index < -0.39 is 0 Å². The molecule has 0 heterocycles. The topological polar surface area (TPSA) is 15.3 Å². The van der Waals surface area contributed by atoms with E-state index in [1.807, 2.05) is 18.8 Å². The summed E-state index contributed by atoms with van der Waals surface area (Å²) in [4.78, 5) is 3.69. The van der Waals surface area contributed by atoms with Crippen LogP contribution in [0.5, 0.6) is 0 Å². The first-order valence-electron chi connectivity index (χ1n) is 6.76. The second-order valence-corrected chi connectivity index (χ2v) is 6.54. The number of anilines is 1. The quantitative estimate of drug-likeness (QED) is 0.571. The van der Waals surface area contributed by atoms with Crippen molar-refractivity contribution in [3.8, 4) is 0 Å². The van der Waals surface area contributed by atoms with E-state index in [1.165, 1.54) is 23.4 Å². The Hall–Kier alpha value is -0.670. The number of rotatable bonds is 8. The minimum atomic E-state index is 0.648. The van der Waals surface area contributed by atoms with Crippen LogP contribution in [0.1, 0.15) is 26.7 Å². The maximum Gasteiger partial charge on any atom is 0.0364 e. The van der Waals surface area contributed by atoms with E-state index in [0.29, 0.717) is 5.25 Å². The third kappa shape index (κ3) is 5.78. The number of hydrogen-bond acceptors (Lipinski definition) is 3. The highest BCUT2D eigenvalue weighted by Gasteiger charge is 2.02. The van der Waals surface area contributed by atoms with Crippen molar-refractivity contribution in [1.29, 1.82) is 0 Å². The fraction of sp³-hybridized carbons (Fsp3) is 0.600. The fourth-order valence-electron chi connectivity index (χ4n) is 1.83. The molecule has 1 rings (SSSR count). The molecule has 2 nitrogen and oxygen atoms in total. The third-order valence-corrected chi connectivity index (χ3v) is 3.84. The van der Waals surface area contributed by atoms with E-state index in [4.69, 9.17) is 0 Å². The van der Waals surface area contributed by atoms with E-state index in [-0.39, 0.29) is 0 Å². The van der Waals surface area contributed by atoms with Crippen molar-refractivity contribution in [2.45, 2.75) is 36.8 Å². The van der Waals surface area contributed by atoms with Gasteiger partial charge in [-0.3, -0.25) is 0 Å². The van der Waals surface area contributed by atoms with Crippen LogP contribution in [0.3, 0.4) is 0 Å². The monoisotopic (exact) mass is 266 g/mol. The molecule has 0 spiro atoms. The number of unbranched alkanes of at least 4 members (excludes halogenated alkanes) is 1. The summed E-state index contributed by atoms with van der Waals surface area (Å²) in [5, 5.41) is 3.83. The predicted octanol–water partition coefficient (Wildman–Crippen LogP) is 3.62. The van der Waals surface area contributed by atoms with Crippen LogP contribution in [-0.2, 0) is 0 Å². The molecule has 3 heteroatoms. The highest BCUT2D eigenvalue weighted by molar-refractivity contribution is 7.99. The van der Waals surface area contributed by atoms with Gasteiger partial charge in [-0.2, -0.15) is 0 Å². The Morgan fingerprint density at radius 1 is 1.17 bits per heavy atom. The lowest BCUT2D eigenvalue weighted by Gasteiger charge is -2.19. The summed E-state index contributed by atoms with van der Waals surface area (Å²) in [6.45, 7) is 6.69. The van der Waals surface area contributed by atoms with Crippen LogP contribution in [0.25, 0.3) is 0 Å². The van der Waals surface area contributed by atoms with Crippen LogP contribution >= 0.6 is 11.8 Å². The lowest BCUT2D eigenvalue weighted by atomic mass is 10.2. The van der Waals surface area contributed by atoms with E-state index in [0.717, 1.165) is 13.1 Å². The zero-order chi connectivity index (χ0) is 13.4. The summed E-state index contributed by atoms with van der Waals surface area (Å²) in [5.41, 5.74) is 1.31. The van der Waals surface area contributed by atoms with E-state index in [2.05, 4.69) is 55.4 Å². The summed E-state index contributed by atoms with van der Waals surface area (Å²) in [7, 11) is 4.18. The number of hydrogen-bond donors (Lipinski definition) is 1. The molecule has 0 bridgehead atoms. The van der Waals surface area contributed by atoms with Crippen molar-refractivity contribution in [1.82, 2.24) is 5.32 Å². The Labute approximate surface area is 116 Å². The maximum atomic E-state index is 3.19. The zero-order valence-electron chi connectivity index (χ0n) is 12.1. The third-order valence-electron chi connectivity index (χ3n) is 2.82. The normalized spacial score (nSPS) is 10.9. The van der Waals surface area contributed by atoms with E-state index in [1.54, 1.807) is 0 Å². The number of benzene rings is 1. The molecular weight excluding hydrogens is 240 g/mol. The number of nitrogens with zero attached hydrogens (tertiary/aromatic N) is 1. The highest BCUT2D eigenvalue weighted by atomic mass is 32.2. The molecule has 0 saturated heterocycles. The first-order chi connectivity index (χ1) is 8.63. The van der Waals surface area contributed by atoms with Crippen molar-refractivity contribution in [2.75, 3.05) is 32.1 Å². The van der Waals surface area contributed by atoms with Gasteiger partial charge in [0, 0.05) is 29.4 Å². The van der Waals surface area contributed by atoms with Crippen molar-refractivity contribution >= 4 is 17.4 Å². The summed E-state index contributed by atoms with van der Waals surface area (Å²) >= 11 is 1.92. The Balaban J connectivity index is 2.41. The van der Waals surface area contributed by atoms with Crippen LogP contribution in [-0.4, -0.2) is 32.4 Å². The molecule has 1 aromatic rings. The van der Waals surface area contributed by atoms with Crippen molar-refractivity contribution in [3.63, 3.8) is 0 Å². The predicted molar refractivity (Wildman–Crippen MR) is 83.9 cm³/mol. The second kappa shape index (κ2) is 8.44. The van der Waals surface area contributed by atoms with Gasteiger partial charge in [-0.15, -0.1) is 11.8 Å². The molecule has 0 atom stereocenters. The Morgan fingerprint density at radius 2 is 1.83 bits per heavy atom. The molecule has 0 unspecified atom stereocenters. The van der Waals surface area contributed by atoms with Gasteiger partial charge in [0.15, 0.2) is 0 Å². The molecular formula is C15H26N2S. The smallest absolute Gasteiger partial charge is 0.0364 e.